The van der Waals surface area contributed by atoms with E-state index in [-0.39, 0.29) is 11.0 Å². The fourth-order valence-electron chi connectivity index (χ4n) is 2.65. The third kappa shape index (κ3) is 4.43. The summed E-state index contributed by atoms with van der Waals surface area (Å²) >= 11 is 0. The van der Waals surface area contributed by atoms with Crippen LogP contribution in [0.15, 0.2) is 29.2 Å². The van der Waals surface area contributed by atoms with Gasteiger partial charge in [-0.05, 0) is 43.7 Å². The van der Waals surface area contributed by atoms with Crippen LogP contribution >= 0.6 is 0 Å². The van der Waals surface area contributed by atoms with Crippen molar-refractivity contribution in [2.45, 2.75) is 43.6 Å². The molecule has 1 aliphatic rings. The Labute approximate surface area is 126 Å². The van der Waals surface area contributed by atoms with Gasteiger partial charge in [-0.1, -0.05) is 19.1 Å². The molecule has 118 valence electrons. The van der Waals surface area contributed by atoms with Crippen molar-refractivity contribution in [3.05, 3.63) is 24.3 Å². The highest BCUT2D eigenvalue weighted by Crippen LogP contribution is 2.27. The Hall–Kier alpha value is -1.11. The number of aliphatic hydroxyl groups is 1. The zero-order valence-electron chi connectivity index (χ0n) is 12.4. The number of para-hydroxylation sites is 1. The number of hydrogen-bond donors (Lipinski definition) is 3. The predicted molar refractivity (Wildman–Crippen MR) is 83.8 cm³/mol. The van der Waals surface area contributed by atoms with Gasteiger partial charge in [0.05, 0.1) is 11.8 Å². The molecule has 0 radical (unpaired) electrons. The lowest BCUT2D eigenvalue weighted by Gasteiger charge is -2.15. The Morgan fingerprint density at radius 1 is 1.29 bits per heavy atom. The van der Waals surface area contributed by atoms with Crippen molar-refractivity contribution in [3.63, 3.8) is 0 Å². The number of aliphatic hydroxyl groups excluding tert-OH is 1. The molecule has 3 N–H and O–H groups in total. The smallest absolute Gasteiger partial charge is 0.242 e. The summed E-state index contributed by atoms with van der Waals surface area (Å²) in [6.07, 6.45) is 3.16. The molecular weight excluding hydrogens is 288 g/mol. The molecule has 1 aromatic carbocycles. The second kappa shape index (κ2) is 7.24. The summed E-state index contributed by atoms with van der Waals surface area (Å²) in [7, 11) is -3.47. The molecule has 5 nitrogen and oxygen atoms in total. The van der Waals surface area contributed by atoms with Crippen LogP contribution in [-0.2, 0) is 10.0 Å². The van der Waals surface area contributed by atoms with Crippen LogP contribution < -0.4 is 10.0 Å². The first-order chi connectivity index (χ1) is 10.0. The Morgan fingerprint density at radius 2 is 2.05 bits per heavy atom. The van der Waals surface area contributed by atoms with Gasteiger partial charge >= 0.3 is 0 Å². The van der Waals surface area contributed by atoms with Gasteiger partial charge in [-0.25, -0.2) is 13.1 Å². The van der Waals surface area contributed by atoms with Crippen molar-refractivity contribution in [1.82, 2.24) is 4.72 Å². The zero-order chi connectivity index (χ0) is 15.3. The van der Waals surface area contributed by atoms with Gasteiger partial charge in [0.1, 0.15) is 4.90 Å². The van der Waals surface area contributed by atoms with Crippen molar-refractivity contribution >= 4 is 15.7 Å². The van der Waals surface area contributed by atoms with Crippen LogP contribution in [0.5, 0.6) is 0 Å². The third-order valence-electron chi connectivity index (χ3n) is 3.81. The van der Waals surface area contributed by atoms with Gasteiger partial charge < -0.3 is 10.4 Å². The fraction of sp³-hybridized carbons (Fsp3) is 0.600. The van der Waals surface area contributed by atoms with E-state index in [4.69, 9.17) is 0 Å². The molecule has 0 saturated heterocycles. The number of anilines is 1. The maximum Gasteiger partial charge on any atom is 0.242 e. The molecule has 0 aliphatic heterocycles. The molecule has 0 amide bonds. The van der Waals surface area contributed by atoms with Crippen LogP contribution in [0.3, 0.4) is 0 Å². The molecule has 1 saturated carbocycles. The van der Waals surface area contributed by atoms with Crippen LogP contribution in [0.4, 0.5) is 5.69 Å². The quantitative estimate of drug-likeness (QED) is 0.719. The average molecular weight is 312 g/mol. The van der Waals surface area contributed by atoms with E-state index in [0.717, 1.165) is 25.7 Å². The van der Waals surface area contributed by atoms with Gasteiger partial charge in [0.2, 0.25) is 10.0 Å². The molecule has 0 bridgehead atoms. The van der Waals surface area contributed by atoms with E-state index >= 15 is 0 Å². The highest BCUT2D eigenvalue weighted by Gasteiger charge is 2.23. The third-order valence-corrected chi connectivity index (χ3v) is 5.33. The Morgan fingerprint density at radius 3 is 2.71 bits per heavy atom. The second-order valence-corrected chi connectivity index (χ2v) is 7.34. The lowest BCUT2D eigenvalue weighted by molar-refractivity contribution is 0.178. The zero-order valence-corrected chi connectivity index (χ0v) is 13.2. The molecule has 1 aliphatic carbocycles. The van der Waals surface area contributed by atoms with E-state index in [1.54, 1.807) is 18.2 Å². The molecule has 21 heavy (non-hydrogen) atoms. The minimum absolute atomic E-state index is 0.206. The van der Waals surface area contributed by atoms with E-state index in [0.29, 0.717) is 24.7 Å². The van der Waals surface area contributed by atoms with Crippen LogP contribution in [-0.4, -0.2) is 32.7 Å². The van der Waals surface area contributed by atoms with Crippen molar-refractivity contribution in [2.24, 2.45) is 5.92 Å². The Kier molecular flexibility index (Phi) is 5.61. The highest BCUT2D eigenvalue weighted by molar-refractivity contribution is 7.89. The maximum absolute atomic E-state index is 12.3. The monoisotopic (exact) mass is 312 g/mol. The molecule has 0 aromatic heterocycles. The minimum Gasteiger partial charge on any atom is -0.393 e. The summed E-state index contributed by atoms with van der Waals surface area (Å²) in [4.78, 5) is 0.289. The van der Waals surface area contributed by atoms with Crippen LogP contribution in [0.25, 0.3) is 0 Å². The minimum atomic E-state index is -3.47. The number of hydrogen-bond acceptors (Lipinski definition) is 4. The molecule has 6 heteroatoms. The maximum atomic E-state index is 12.3. The van der Waals surface area contributed by atoms with E-state index in [2.05, 4.69) is 10.0 Å². The molecule has 1 fully saturated rings. The van der Waals surface area contributed by atoms with Crippen molar-refractivity contribution in [2.75, 3.05) is 18.4 Å². The molecule has 0 spiro atoms. The average Bonchev–Trinajstić information content (AvgIpc) is 2.89. The van der Waals surface area contributed by atoms with E-state index < -0.39 is 10.0 Å². The topological polar surface area (TPSA) is 78.4 Å². The van der Waals surface area contributed by atoms with E-state index in [1.807, 2.05) is 13.0 Å². The first kappa shape index (κ1) is 16.3. The molecule has 2 rings (SSSR count). The summed E-state index contributed by atoms with van der Waals surface area (Å²) in [6.45, 7) is 3.06. The van der Waals surface area contributed by atoms with Gasteiger partial charge in [-0.2, -0.15) is 0 Å². The van der Waals surface area contributed by atoms with Crippen molar-refractivity contribution < 1.29 is 13.5 Å². The van der Waals surface area contributed by atoms with Crippen LogP contribution in [0, 0.1) is 5.92 Å². The number of rotatable bonds is 7. The summed E-state index contributed by atoms with van der Waals surface area (Å²) < 4.78 is 27.1. The predicted octanol–water partition coefficient (Wildman–Crippen LogP) is 1.95. The van der Waals surface area contributed by atoms with Crippen LogP contribution in [0.1, 0.15) is 32.6 Å². The van der Waals surface area contributed by atoms with Gasteiger partial charge in [0, 0.05) is 13.1 Å². The number of sulfonamides is 1. The van der Waals surface area contributed by atoms with Gasteiger partial charge in [0.15, 0.2) is 0 Å². The summed E-state index contributed by atoms with van der Waals surface area (Å²) in [5.74, 6) is 0.402. The Balaban J connectivity index is 2.06. The largest absolute Gasteiger partial charge is 0.393 e. The normalized spacial score (nSPS) is 22.4. The summed E-state index contributed by atoms with van der Waals surface area (Å²) in [5.41, 5.74) is 0.627. The Bertz CT molecular complexity index is 560. The summed E-state index contributed by atoms with van der Waals surface area (Å²) in [5, 5.41) is 12.8. The molecule has 2 unspecified atom stereocenters. The van der Waals surface area contributed by atoms with E-state index in [1.165, 1.54) is 0 Å². The number of nitrogens with one attached hydrogen (secondary N) is 2. The molecular formula is C15H24N2O3S. The molecule has 2 atom stereocenters. The first-order valence-electron chi connectivity index (χ1n) is 7.53. The highest BCUT2D eigenvalue weighted by atomic mass is 32.2. The van der Waals surface area contributed by atoms with E-state index in [9.17, 15) is 13.5 Å². The van der Waals surface area contributed by atoms with Crippen LogP contribution in [0.2, 0.25) is 0 Å². The molecule has 0 heterocycles. The molecule has 1 aromatic rings. The van der Waals surface area contributed by atoms with Crippen molar-refractivity contribution in [3.8, 4) is 0 Å². The lowest BCUT2D eigenvalue weighted by Crippen LogP contribution is -2.25. The summed E-state index contributed by atoms with van der Waals surface area (Å²) in [6, 6.07) is 6.95. The standard InChI is InChI=1S/C15H24N2O3S/c1-2-9-17-21(19,20)15-6-4-3-5-14(15)16-11-12-7-8-13(18)10-12/h3-6,12-13,16-18H,2,7-11H2,1H3. The number of benzene rings is 1. The lowest BCUT2D eigenvalue weighted by atomic mass is 10.1. The second-order valence-electron chi connectivity index (χ2n) is 5.61. The van der Waals surface area contributed by atoms with Crippen molar-refractivity contribution in [1.29, 1.82) is 0 Å². The van der Waals surface area contributed by atoms with Gasteiger partial charge in [-0.15, -0.1) is 0 Å². The van der Waals surface area contributed by atoms with Gasteiger partial charge in [0.25, 0.3) is 0 Å². The SMILES string of the molecule is CCCNS(=O)(=O)c1ccccc1NCC1CCC(O)C1. The van der Waals surface area contributed by atoms with Gasteiger partial charge in [-0.3, -0.25) is 0 Å². The first-order valence-corrected chi connectivity index (χ1v) is 9.02. The fourth-order valence-corrected chi connectivity index (χ4v) is 3.97.